The van der Waals surface area contributed by atoms with Gasteiger partial charge in [0.15, 0.2) is 0 Å². The second-order valence-corrected chi connectivity index (χ2v) is 7.08. The van der Waals surface area contributed by atoms with Crippen LogP contribution in [-0.4, -0.2) is 29.8 Å². The van der Waals surface area contributed by atoms with Gasteiger partial charge >= 0.3 is 6.09 Å². The van der Waals surface area contributed by atoms with Crippen molar-refractivity contribution in [2.75, 3.05) is 13.7 Å². The fraction of sp³-hybridized carbons (Fsp3) is 0.350. The second kappa shape index (κ2) is 7.36. The Labute approximate surface area is 153 Å². The van der Waals surface area contributed by atoms with Gasteiger partial charge in [-0.3, -0.25) is 0 Å². The monoisotopic (exact) mass is 359 g/mol. The minimum Gasteiger partial charge on any atom is -0.493 e. The zero-order valence-electron chi connectivity index (χ0n) is 14.4. The van der Waals surface area contributed by atoms with E-state index < -0.39 is 6.09 Å². The van der Waals surface area contributed by atoms with Gasteiger partial charge in [-0.05, 0) is 41.2 Å². The fourth-order valence-corrected chi connectivity index (χ4v) is 3.52. The summed E-state index contributed by atoms with van der Waals surface area (Å²) in [6.07, 6.45) is -0.0197. The maximum atomic E-state index is 11.0. The summed E-state index contributed by atoms with van der Waals surface area (Å²) in [6, 6.07) is 14.2. The highest BCUT2D eigenvalue weighted by Crippen LogP contribution is 2.41. The number of ether oxygens (including phenoxy) is 1. The van der Waals surface area contributed by atoms with Crippen LogP contribution in [0.25, 0.3) is 0 Å². The van der Waals surface area contributed by atoms with Gasteiger partial charge < -0.3 is 14.7 Å². The minimum atomic E-state index is -0.981. The predicted octanol–water partition coefficient (Wildman–Crippen LogP) is 4.80. The lowest BCUT2D eigenvalue weighted by molar-refractivity contribution is 0.153. The molecule has 0 saturated carbocycles. The van der Waals surface area contributed by atoms with E-state index in [4.69, 9.17) is 21.4 Å². The zero-order chi connectivity index (χ0) is 18.0. The largest absolute Gasteiger partial charge is 0.493 e. The first-order chi connectivity index (χ1) is 12.0. The van der Waals surface area contributed by atoms with Gasteiger partial charge in [-0.25, -0.2) is 4.79 Å². The molecule has 1 aliphatic heterocycles. The molecule has 0 radical (unpaired) electrons. The van der Waals surface area contributed by atoms with E-state index in [9.17, 15) is 4.79 Å². The lowest BCUT2D eigenvalue weighted by atomic mass is 9.81. The maximum Gasteiger partial charge on any atom is 0.407 e. The van der Waals surface area contributed by atoms with Crippen LogP contribution in [-0.2, 0) is 13.0 Å². The molecule has 0 bridgehead atoms. The number of nitrogens with zero attached hydrogens (tertiary/aromatic N) is 1. The summed E-state index contributed by atoms with van der Waals surface area (Å²) in [5.41, 5.74) is 3.16. The third kappa shape index (κ3) is 3.90. The standard InChI is InChI=1S/C20H22ClNO3/c1-13-16(8-14-6-4-3-5-7-14)12-25-19-9-15(11-22(2)20(23)24)18(21)10-17(13)19/h3-7,9-10,13,16H,8,11-12H2,1-2H3,(H,23,24)/t13-,16+/m1/s1. The van der Waals surface area contributed by atoms with Gasteiger partial charge in [-0.1, -0.05) is 48.9 Å². The molecule has 1 N–H and O–H groups in total. The summed E-state index contributed by atoms with van der Waals surface area (Å²) in [4.78, 5) is 12.2. The summed E-state index contributed by atoms with van der Waals surface area (Å²) in [7, 11) is 1.53. The van der Waals surface area contributed by atoms with Crippen molar-refractivity contribution in [1.29, 1.82) is 0 Å². The van der Waals surface area contributed by atoms with Gasteiger partial charge in [0, 0.05) is 18.0 Å². The molecule has 5 heteroatoms. The Morgan fingerprint density at radius 3 is 2.72 bits per heavy atom. The van der Waals surface area contributed by atoms with E-state index in [0.29, 0.717) is 23.5 Å². The minimum absolute atomic E-state index is 0.243. The van der Waals surface area contributed by atoms with Crippen LogP contribution in [0, 0.1) is 5.92 Å². The van der Waals surface area contributed by atoms with Crippen LogP contribution < -0.4 is 4.74 Å². The first kappa shape index (κ1) is 17.6. The number of halogens is 1. The van der Waals surface area contributed by atoms with Crippen molar-refractivity contribution in [2.24, 2.45) is 5.92 Å². The van der Waals surface area contributed by atoms with Crippen molar-refractivity contribution in [2.45, 2.75) is 25.8 Å². The summed E-state index contributed by atoms with van der Waals surface area (Å²) < 4.78 is 5.99. The van der Waals surface area contributed by atoms with Gasteiger partial charge in [0.1, 0.15) is 5.75 Å². The van der Waals surface area contributed by atoms with Gasteiger partial charge in [0.2, 0.25) is 0 Å². The third-order valence-corrected chi connectivity index (χ3v) is 5.26. The van der Waals surface area contributed by atoms with Gasteiger partial charge in [0.05, 0.1) is 13.2 Å². The molecule has 2 aromatic carbocycles. The Hall–Kier alpha value is -2.20. The predicted molar refractivity (Wildman–Crippen MR) is 98.5 cm³/mol. The zero-order valence-corrected chi connectivity index (χ0v) is 15.2. The lowest BCUT2D eigenvalue weighted by Gasteiger charge is -2.32. The third-order valence-electron chi connectivity index (χ3n) is 4.90. The Morgan fingerprint density at radius 2 is 2.04 bits per heavy atom. The van der Waals surface area contributed by atoms with Crippen LogP contribution in [0.1, 0.15) is 29.5 Å². The van der Waals surface area contributed by atoms with Crippen molar-refractivity contribution in [3.05, 3.63) is 64.2 Å². The number of fused-ring (bicyclic) bond motifs is 1. The van der Waals surface area contributed by atoms with Gasteiger partial charge in [0.25, 0.3) is 0 Å². The molecule has 0 fully saturated rings. The van der Waals surface area contributed by atoms with Gasteiger partial charge in [-0.2, -0.15) is 0 Å². The van der Waals surface area contributed by atoms with Crippen molar-refractivity contribution < 1.29 is 14.6 Å². The molecule has 3 rings (SSSR count). The Morgan fingerprint density at radius 1 is 1.32 bits per heavy atom. The first-order valence-corrected chi connectivity index (χ1v) is 8.76. The smallest absolute Gasteiger partial charge is 0.407 e. The maximum absolute atomic E-state index is 11.0. The average Bonchev–Trinajstić information content (AvgIpc) is 2.59. The van der Waals surface area contributed by atoms with E-state index in [1.165, 1.54) is 17.5 Å². The van der Waals surface area contributed by atoms with E-state index in [0.717, 1.165) is 23.3 Å². The number of amides is 1. The van der Waals surface area contributed by atoms with Crippen molar-refractivity contribution in [3.63, 3.8) is 0 Å². The number of carboxylic acid groups (broad SMARTS) is 1. The summed E-state index contributed by atoms with van der Waals surface area (Å²) in [5.74, 6) is 1.53. The lowest BCUT2D eigenvalue weighted by Crippen LogP contribution is -2.27. The normalized spacial score (nSPS) is 19.0. The molecule has 4 nitrogen and oxygen atoms in total. The van der Waals surface area contributed by atoms with E-state index in [1.807, 2.05) is 18.2 Å². The van der Waals surface area contributed by atoms with E-state index in [2.05, 4.69) is 31.2 Å². The molecular weight excluding hydrogens is 338 g/mol. The molecule has 1 amide bonds. The van der Waals surface area contributed by atoms with Crippen LogP contribution in [0.2, 0.25) is 5.02 Å². The number of carbonyl (C=O) groups is 1. The number of benzene rings is 2. The number of hydrogen-bond acceptors (Lipinski definition) is 2. The molecule has 0 aromatic heterocycles. The number of hydrogen-bond donors (Lipinski definition) is 1. The first-order valence-electron chi connectivity index (χ1n) is 8.38. The Balaban J connectivity index is 1.80. The molecule has 2 atom stereocenters. The highest BCUT2D eigenvalue weighted by Gasteiger charge is 2.29. The quantitative estimate of drug-likeness (QED) is 0.852. The highest BCUT2D eigenvalue weighted by molar-refractivity contribution is 6.31. The van der Waals surface area contributed by atoms with Crippen LogP contribution >= 0.6 is 11.6 Å². The summed E-state index contributed by atoms with van der Waals surface area (Å²) in [5, 5.41) is 9.63. The molecule has 0 saturated heterocycles. The van der Waals surface area contributed by atoms with Crippen LogP contribution in [0.4, 0.5) is 4.79 Å². The molecule has 0 aliphatic carbocycles. The molecule has 2 aromatic rings. The SMILES string of the molecule is C[C@H]1c2cc(Cl)c(CN(C)C(=O)O)cc2OC[C@@H]1Cc1ccccc1. The molecule has 132 valence electrons. The summed E-state index contributed by atoms with van der Waals surface area (Å²) in [6.45, 7) is 3.10. The average molecular weight is 360 g/mol. The summed E-state index contributed by atoms with van der Waals surface area (Å²) >= 11 is 6.41. The van der Waals surface area contributed by atoms with Crippen molar-refractivity contribution in [3.8, 4) is 5.75 Å². The van der Waals surface area contributed by atoms with Crippen molar-refractivity contribution in [1.82, 2.24) is 4.90 Å². The van der Waals surface area contributed by atoms with Crippen LogP contribution in [0.15, 0.2) is 42.5 Å². The Kier molecular flexibility index (Phi) is 5.19. The van der Waals surface area contributed by atoms with E-state index in [1.54, 1.807) is 0 Å². The topological polar surface area (TPSA) is 49.8 Å². The van der Waals surface area contributed by atoms with Crippen LogP contribution in [0.3, 0.4) is 0 Å². The second-order valence-electron chi connectivity index (χ2n) is 6.67. The van der Waals surface area contributed by atoms with E-state index in [-0.39, 0.29) is 6.54 Å². The van der Waals surface area contributed by atoms with Crippen LogP contribution in [0.5, 0.6) is 5.75 Å². The molecule has 25 heavy (non-hydrogen) atoms. The molecular formula is C20H22ClNO3. The molecule has 1 aliphatic rings. The molecule has 0 spiro atoms. The Bertz CT molecular complexity index is 763. The highest BCUT2D eigenvalue weighted by atomic mass is 35.5. The van der Waals surface area contributed by atoms with E-state index >= 15 is 0 Å². The molecule has 0 unspecified atom stereocenters. The van der Waals surface area contributed by atoms with Crippen molar-refractivity contribution >= 4 is 17.7 Å². The number of rotatable bonds is 4. The molecule has 1 heterocycles. The van der Waals surface area contributed by atoms with Gasteiger partial charge in [-0.15, -0.1) is 0 Å². The fourth-order valence-electron chi connectivity index (χ4n) is 3.28.